The first-order valence-electron chi connectivity index (χ1n) is 3.79. The number of halogens is 1. The quantitative estimate of drug-likeness (QED) is 0.720. The maximum Gasteiger partial charge on any atom is 0.253 e. The summed E-state index contributed by atoms with van der Waals surface area (Å²) in [6, 6.07) is 6.11. The molecule has 1 amide bonds. The van der Waals surface area contributed by atoms with Crippen molar-refractivity contribution in [3.05, 3.63) is 32.9 Å². The van der Waals surface area contributed by atoms with Gasteiger partial charge in [-0.2, -0.15) is 0 Å². The summed E-state index contributed by atoms with van der Waals surface area (Å²) in [4.78, 5) is 11.4. The summed E-state index contributed by atoms with van der Waals surface area (Å²) in [5.74, 6) is 0.0579. The largest absolute Gasteiger partial charge is 0.345 e. The molecule has 0 saturated heterocycles. The lowest BCUT2D eigenvalue weighted by atomic mass is 10.1. The average Bonchev–Trinajstić information content (AvgIpc) is 2.29. The summed E-state index contributed by atoms with van der Waals surface area (Å²) in [7, 11) is 0. The van der Waals surface area contributed by atoms with Gasteiger partial charge in [-0.25, -0.2) is 0 Å². The van der Waals surface area contributed by atoms with Crippen molar-refractivity contribution < 1.29 is 4.79 Å². The molecular formula is C9H8INO. The molecule has 2 rings (SSSR count). The highest BCUT2D eigenvalue weighted by molar-refractivity contribution is 14.1. The van der Waals surface area contributed by atoms with Gasteiger partial charge in [0, 0.05) is 3.57 Å². The molecule has 1 unspecified atom stereocenters. The van der Waals surface area contributed by atoms with Crippen molar-refractivity contribution in [1.29, 1.82) is 0 Å². The maximum atomic E-state index is 11.4. The van der Waals surface area contributed by atoms with E-state index in [-0.39, 0.29) is 11.9 Å². The predicted octanol–water partition coefficient (Wildman–Crippen LogP) is 2.10. The van der Waals surface area contributed by atoms with Gasteiger partial charge in [0.15, 0.2) is 0 Å². The van der Waals surface area contributed by atoms with E-state index in [2.05, 4.69) is 27.9 Å². The highest BCUT2D eigenvalue weighted by Gasteiger charge is 2.26. The van der Waals surface area contributed by atoms with E-state index in [1.807, 2.05) is 25.1 Å². The third kappa shape index (κ3) is 1.03. The third-order valence-corrected chi connectivity index (χ3v) is 2.99. The van der Waals surface area contributed by atoms with E-state index < -0.39 is 0 Å². The van der Waals surface area contributed by atoms with Crippen LogP contribution in [-0.4, -0.2) is 5.91 Å². The molecule has 0 radical (unpaired) electrons. The highest BCUT2D eigenvalue weighted by atomic mass is 127. The molecule has 0 saturated carbocycles. The zero-order valence-corrected chi connectivity index (χ0v) is 8.75. The summed E-state index contributed by atoms with van der Waals surface area (Å²) in [6.07, 6.45) is 0. The number of hydrogen-bond acceptors (Lipinski definition) is 1. The minimum Gasteiger partial charge on any atom is -0.345 e. The van der Waals surface area contributed by atoms with Crippen molar-refractivity contribution in [1.82, 2.24) is 5.32 Å². The Hall–Kier alpha value is -0.580. The Balaban J connectivity index is 2.67. The molecule has 0 bridgehead atoms. The molecule has 0 spiro atoms. The molecule has 0 aliphatic carbocycles. The van der Waals surface area contributed by atoms with Crippen LogP contribution in [0.5, 0.6) is 0 Å². The Kier molecular flexibility index (Phi) is 1.83. The molecule has 1 atom stereocenters. The Morgan fingerprint density at radius 3 is 2.92 bits per heavy atom. The van der Waals surface area contributed by atoms with Crippen molar-refractivity contribution in [3.8, 4) is 0 Å². The van der Waals surface area contributed by atoms with Gasteiger partial charge in [-0.1, -0.05) is 12.1 Å². The Labute approximate surface area is 84.5 Å². The molecule has 0 aromatic heterocycles. The van der Waals surface area contributed by atoms with Crippen LogP contribution >= 0.6 is 22.6 Å². The van der Waals surface area contributed by atoms with Crippen molar-refractivity contribution in [3.63, 3.8) is 0 Å². The number of rotatable bonds is 0. The standard InChI is InChI=1S/C9H8INO/c1-5-6-3-2-4-7(10)8(6)9(12)11-5/h2-5H,1H3,(H,11,12). The smallest absolute Gasteiger partial charge is 0.253 e. The molecule has 1 aromatic carbocycles. The van der Waals surface area contributed by atoms with Crippen molar-refractivity contribution in [2.24, 2.45) is 0 Å². The van der Waals surface area contributed by atoms with Gasteiger partial charge in [0.1, 0.15) is 0 Å². The van der Waals surface area contributed by atoms with E-state index in [1.54, 1.807) is 0 Å². The number of nitrogens with one attached hydrogen (secondary N) is 1. The normalized spacial score (nSPS) is 20.5. The molecule has 3 heteroatoms. The molecular weight excluding hydrogens is 265 g/mol. The van der Waals surface area contributed by atoms with Gasteiger partial charge in [0.2, 0.25) is 0 Å². The van der Waals surface area contributed by atoms with E-state index in [0.717, 1.165) is 14.7 Å². The van der Waals surface area contributed by atoms with Crippen LogP contribution in [0.4, 0.5) is 0 Å². The van der Waals surface area contributed by atoms with Crippen molar-refractivity contribution in [2.45, 2.75) is 13.0 Å². The Morgan fingerprint density at radius 1 is 1.50 bits per heavy atom. The van der Waals surface area contributed by atoms with E-state index >= 15 is 0 Å². The van der Waals surface area contributed by atoms with E-state index in [0.29, 0.717) is 0 Å². The fraction of sp³-hybridized carbons (Fsp3) is 0.222. The SMILES string of the molecule is CC1NC(=O)c2c(I)cccc21. The predicted molar refractivity (Wildman–Crippen MR) is 55.0 cm³/mol. The minimum atomic E-state index is 0.0579. The first kappa shape index (κ1) is 8.04. The van der Waals surface area contributed by atoms with Crippen LogP contribution in [-0.2, 0) is 0 Å². The summed E-state index contributed by atoms with van der Waals surface area (Å²) in [6.45, 7) is 2.00. The van der Waals surface area contributed by atoms with Gasteiger partial charge in [-0.3, -0.25) is 4.79 Å². The van der Waals surface area contributed by atoms with Gasteiger partial charge in [0.25, 0.3) is 5.91 Å². The first-order valence-corrected chi connectivity index (χ1v) is 4.87. The second-order valence-electron chi connectivity index (χ2n) is 2.90. The fourth-order valence-corrected chi connectivity index (χ4v) is 2.25. The van der Waals surface area contributed by atoms with Gasteiger partial charge in [0.05, 0.1) is 11.6 Å². The third-order valence-electron chi connectivity index (χ3n) is 2.09. The topological polar surface area (TPSA) is 29.1 Å². The summed E-state index contributed by atoms with van der Waals surface area (Å²) >= 11 is 2.19. The minimum absolute atomic E-state index is 0.0579. The Bertz CT molecular complexity index is 348. The molecule has 2 nitrogen and oxygen atoms in total. The van der Waals surface area contributed by atoms with Gasteiger partial charge >= 0.3 is 0 Å². The first-order chi connectivity index (χ1) is 5.70. The fourth-order valence-electron chi connectivity index (χ4n) is 1.49. The van der Waals surface area contributed by atoms with Crippen LogP contribution in [0.2, 0.25) is 0 Å². The van der Waals surface area contributed by atoms with Crippen LogP contribution in [0.25, 0.3) is 0 Å². The van der Waals surface area contributed by atoms with E-state index in [4.69, 9.17) is 0 Å². The Morgan fingerprint density at radius 2 is 2.25 bits per heavy atom. The van der Waals surface area contributed by atoms with Crippen LogP contribution in [0.15, 0.2) is 18.2 Å². The highest BCUT2D eigenvalue weighted by Crippen LogP contribution is 2.27. The molecule has 12 heavy (non-hydrogen) atoms. The number of benzene rings is 1. The second-order valence-corrected chi connectivity index (χ2v) is 4.06. The number of carbonyl (C=O) groups excluding carboxylic acids is 1. The van der Waals surface area contributed by atoms with Crippen molar-refractivity contribution >= 4 is 28.5 Å². The van der Waals surface area contributed by atoms with Crippen molar-refractivity contribution in [2.75, 3.05) is 0 Å². The molecule has 1 aromatic rings. The summed E-state index contributed by atoms with van der Waals surface area (Å²) < 4.78 is 1.03. The second kappa shape index (κ2) is 2.73. The van der Waals surface area contributed by atoms with Crippen LogP contribution in [0.1, 0.15) is 28.9 Å². The lowest BCUT2D eigenvalue weighted by Gasteiger charge is -2.02. The van der Waals surface area contributed by atoms with Gasteiger partial charge in [-0.05, 0) is 41.1 Å². The van der Waals surface area contributed by atoms with Gasteiger partial charge in [-0.15, -0.1) is 0 Å². The molecule has 1 N–H and O–H groups in total. The zero-order valence-electron chi connectivity index (χ0n) is 6.60. The van der Waals surface area contributed by atoms with Crippen LogP contribution < -0.4 is 5.32 Å². The molecule has 1 aliphatic rings. The number of amides is 1. The van der Waals surface area contributed by atoms with Gasteiger partial charge < -0.3 is 5.32 Å². The molecule has 0 fully saturated rings. The van der Waals surface area contributed by atoms with E-state index in [1.165, 1.54) is 0 Å². The number of fused-ring (bicyclic) bond motifs is 1. The molecule has 1 aliphatic heterocycles. The lowest BCUT2D eigenvalue weighted by Crippen LogP contribution is -2.16. The zero-order chi connectivity index (χ0) is 8.72. The summed E-state index contributed by atoms with van der Waals surface area (Å²) in [5, 5.41) is 2.88. The summed E-state index contributed by atoms with van der Waals surface area (Å²) in [5.41, 5.74) is 1.97. The van der Waals surface area contributed by atoms with Crippen LogP contribution in [0.3, 0.4) is 0 Å². The lowest BCUT2D eigenvalue weighted by molar-refractivity contribution is 0.0958. The monoisotopic (exact) mass is 273 g/mol. The molecule has 62 valence electrons. The van der Waals surface area contributed by atoms with Crippen LogP contribution in [0, 0.1) is 3.57 Å². The average molecular weight is 273 g/mol. The maximum absolute atomic E-state index is 11.4. The number of hydrogen-bond donors (Lipinski definition) is 1. The number of carbonyl (C=O) groups is 1. The molecule has 1 heterocycles. The van der Waals surface area contributed by atoms with E-state index in [9.17, 15) is 4.79 Å².